The number of alkyl halides is 3. The van der Waals surface area contributed by atoms with Gasteiger partial charge in [-0.15, -0.1) is 0 Å². The Kier molecular flexibility index (Phi) is 3.93. The summed E-state index contributed by atoms with van der Waals surface area (Å²) in [5.74, 6) is -0.989. The van der Waals surface area contributed by atoms with Crippen LogP contribution in [-0.2, 0) is 0 Å². The van der Waals surface area contributed by atoms with Crippen molar-refractivity contribution in [2.45, 2.75) is 12.4 Å². The fraction of sp³-hybridized carbons (Fsp3) is 0.222. The van der Waals surface area contributed by atoms with E-state index in [1.54, 1.807) is 0 Å². The van der Waals surface area contributed by atoms with Crippen molar-refractivity contribution in [2.75, 3.05) is 0 Å². The van der Waals surface area contributed by atoms with Gasteiger partial charge in [0.1, 0.15) is 0 Å². The number of nitrogens with one attached hydrogen (secondary N) is 1. The van der Waals surface area contributed by atoms with Crippen LogP contribution in [0.3, 0.4) is 0 Å². The summed E-state index contributed by atoms with van der Waals surface area (Å²) in [6, 6.07) is 5.69. The largest absolute Gasteiger partial charge is 0.433 e. The summed E-state index contributed by atoms with van der Waals surface area (Å²) in [6.07, 6.45) is -7.73. The summed E-state index contributed by atoms with van der Waals surface area (Å²) in [5, 5.41) is 10.0. The second kappa shape index (κ2) is 4.84. The molecule has 7 heteroatoms. The highest BCUT2D eigenvalue weighted by Crippen LogP contribution is 2.18. The molecule has 3 nitrogen and oxygen atoms in total. The summed E-state index contributed by atoms with van der Waals surface area (Å²) in [4.78, 5) is 11.2. The summed E-state index contributed by atoms with van der Waals surface area (Å²) in [5.41, 5.74) is 0.0338. The fourth-order valence-corrected chi connectivity index (χ4v) is 1.15. The minimum atomic E-state index is -4.87. The van der Waals surface area contributed by atoms with Crippen LogP contribution in [-0.4, -0.2) is 23.4 Å². The van der Waals surface area contributed by atoms with Crippen molar-refractivity contribution in [1.29, 1.82) is 0 Å². The highest BCUT2D eigenvalue weighted by molar-refractivity contribution is 9.10. The molecule has 1 aromatic rings. The SMILES string of the molecule is O=C(NC(O)C(F)(F)F)c1ccc(Br)cc1. The number of benzene rings is 1. The van der Waals surface area contributed by atoms with E-state index in [0.717, 1.165) is 0 Å². The molecule has 0 aliphatic rings. The Morgan fingerprint density at radius 1 is 1.31 bits per heavy atom. The Morgan fingerprint density at radius 3 is 2.25 bits per heavy atom. The van der Waals surface area contributed by atoms with Gasteiger partial charge in [-0.1, -0.05) is 15.9 Å². The van der Waals surface area contributed by atoms with Crippen molar-refractivity contribution in [3.63, 3.8) is 0 Å². The maximum absolute atomic E-state index is 11.9. The van der Waals surface area contributed by atoms with Gasteiger partial charge in [0.2, 0.25) is 6.23 Å². The third kappa shape index (κ3) is 3.49. The smallest absolute Gasteiger partial charge is 0.366 e. The van der Waals surface area contributed by atoms with Gasteiger partial charge in [0.05, 0.1) is 0 Å². The number of carbonyl (C=O) groups is 1. The van der Waals surface area contributed by atoms with Crippen molar-refractivity contribution < 1.29 is 23.1 Å². The Bertz CT molecular complexity index is 377. The molecular formula is C9H7BrF3NO2. The molecule has 0 saturated heterocycles. The first-order valence-electron chi connectivity index (χ1n) is 4.12. The van der Waals surface area contributed by atoms with Gasteiger partial charge >= 0.3 is 6.18 Å². The molecule has 0 aliphatic carbocycles. The highest BCUT2D eigenvalue weighted by atomic mass is 79.9. The van der Waals surface area contributed by atoms with E-state index < -0.39 is 18.3 Å². The number of aliphatic hydroxyl groups excluding tert-OH is 1. The lowest BCUT2D eigenvalue weighted by molar-refractivity contribution is -0.209. The molecule has 0 saturated carbocycles. The number of hydrogen-bond donors (Lipinski definition) is 2. The Balaban J connectivity index is 2.70. The normalized spacial score (nSPS) is 13.3. The summed E-state index contributed by atoms with van der Waals surface area (Å²) >= 11 is 3.12. The minimum absolute atomic E-state index is 0.0338. The van der Waals surface area contributed by atoms with E-state index in [1.165, 1.54) is 29.6 Å². The molecule has 0 radical (unpaired) electrons. The second-order valence-electron chi connectivity index (χ2n) is 2.92. The van der Waals surface area contributed by atoms with Crippen molar-refractivity contribution >= 4 is 21.8 Å². The topological polar surface area (TPSA) is 49.3 Å². The van der Waals surface area contributed by atoms with E-state index in [-0.39, 0.29) is 5.56 Å². The molecule has 1 unspecified atom stereocenters. The van der Waals surface area contributed by atoms with Crippen LogP contribution in [0.5, 0.6) is 0 Å². The van der Waals surface area contributed by atoms with E-state index in [0.29, 0.717) is 4.47 Å². The van der Waals surface area contributed by atoms with Crippen LogP contribution < -0.4 is 5.32 Å². The molecule has 0 aromatic heterocycles. The van der Waals surface area contributed by atoms with Gasteiger partial charge in [-0.05, 0) is 24.3 Å². The number of aliphatic hydroxyl groups is 1. The predicted octanol–water partition coefficient (Wildman–Crippen LogP) is 2.06. The van der Waals surface area contributed by atoms with Crippen LogP contribution in [0.15, 0.2) is 28.7 Å². The molecular weight excluding hydrogens is 291 g/mol. The van der Waals surface area contributed by atoms with E-state index in [1.807, 2.05) is 0 Å². The van der Waals surface area contributed by atoms with Gasteiger partial charge < -0.3 is 10.4 Å². The van der Waals surface area contributed by atoms with E-state index >= 15 is 0 Å². The minimum Gasteiger partial charge on any atom is -0.366 e. The third-order valence-electron chi connectivity index (χ3n) is 1.68. The lowest BCUT2D eigenvalue weighted by atomic mass is 10.2. The number of rotatable bonds is 2. The van der Waals surface area contributed by atoms with Crippen LogP contribution >= 0.6 is 15.9 Å². The van der Waals surface area contributed by atoms with Gasteiger partial charge in [0.25, 0.3) is 5.91 Å². The molecule has 16 heavy (non-hydrogen) atoms. The molecule has 0 bridgehead atoms. The van der Waals surface area contributed by atoms with Crippen LogP contribution in [0.1, 0.15) is 10.4 Å². The zero-order valence-corrected chi connectivity index (χ0v) is 9.34. The molecule has 1 amide bonds. The van der Waals surface area contributed by atoms with Crippen molar-refractivity contribution in [3.8, 4) is 0 Å². The third-order valence-corrected chi connectivity index (χ3v) is 2.21. The van der Waals surface area contributed by atoms with Crippen molar-refractivity contribution in [1.82, 2.24) is 5.32 Å². The van der Waals surface area contributed by atoms with Gasteiger partial charge in [-0.3, -0.25) is 4.79 Å². The second-order valence-corrected chi connectivity index (χ2v) is 3.84. The van der Waals surface area contributed by atoms with Crippen LogP contribution in [0.25, 0.3) is 0 Å². The van der Waals surface area contributed by atoms with Gasteiger partial charge in [0, 0.05) is 10.0 Å². The zero-order chi connectivity index (χ0) is 12.3. The summed E-state index contributed by atoms with van der Waals surface area (Å²) in [6.45, 7) is 0. The van der Waals surface area contributed by atoms with Crippen LogP contribution in [0, 0.1) is 0 Å². The van der Waals surface area contributed by atoms with E-state index in [4.69, 9.17) is 5.11 Å². The van der Waals surface area contributed by atoms with Crippen LogP contribution in [0.2, 0.25) is 0 Å². The van der Waals surface area contributed by atoms with Crippen LogP contribution in [0.4, 0.5) is 13.2 Å². The summed E-state index contributed by atoms with van der Waals surface area (Å²) < 4.78 is 36.4. The first-order valence-corrected chi connectivity index (χ1v) is 4.91. The average molecular weight is 298 g/mol. The molecule has 0 spiro atoms. The number of halogens is 4. The number of hydrogen-bond acceptors (Lipinski definition) is 2. The maximum Gasteiger partial charge on any atom is 0.433 e. The van der Waals surface area contributed by atoms with Gasteiger partial charge in [0.15, 0.2) is 0 Å². The zero-order valence-electron chi connectivity index (χ0n) is 7.75. The molecule has 0 aliphatic heterocycles. The molecule has 1 aromatic carbocycles. The monoisotopic (exact) mass is 297 g/mol. The van der Waals surface area contributed by atoms with Crippen molar-refractivity contribution in [3.05, 3.63) is 34.3 Å². The lowest BCUT2D eigenvalue weighted by Gasteiger charge is -2.15. The molecule has 1 rings (SSSR count). The molecule has 0 fully saturated rings. The van der Waals surface area contributed by atoms with E-state index in [9.17, 15) is 18.0 Å². The van der Waals surface area contributed by atoms with Gasteiger partial charge in [-0.2, -0.15) is 13.2 Å². The molecule has 2 N–H and O–H groups in total. The Hall–Kier alpha value is -1.08. The number of amides is 1. The fourth-order valence-electron chi connectivity index (χ4n) is 0.891. The van der Waals surface area contributed by atoms with Crippen molar-refractivity contribution in [2.24, 2.45) is 0 Å². The Labute approximate surface area is 97.4 Å². The molecule has 0 heterocycles. The molecule has 88 valence electrons. The quantitative estimate of drug-likeness (QED) is 0.821. The summed E-state index contributed by atoms with van der Waals surface area (Å²) in [7, 11) is 0. The lowest BCUT2D eigenvalue weighted by Crippen LogP contribution is -2.45. The molecule has 1 atom stereocenters. The van der Waals surface area contributed by atoms with Gasteiger partial charge in [-0.25, -0.2) is 0 Å². The van der Waals surface area contributed by atoms with E-state index in [2.05, 4.69) is 15.9 Å². The first kappa shape index (κ1) is 13.0. The average Bonchev–Trinajstić information content (AvgIpc) is 2.17. The standard InChI is InChI=1S/C9H7BrF3NO2/c10-6-3-1-5(2-4-6)7(15)14-8(16)9(11,12)13/h1-4,8,16H,(H,14,15). The predicted molar refractivity (Wildman–Crippen MR) is 53.7 cm³/mol. The Morgan fingerprint density at radius 2 is 1.81 bits per heavy atom. The first-order chi connectivity index (χ1) is 7.30. The highest BCUT2D eigenvalue weighted by Gasteiger charge is 2.39. The number of carbonyl (C=O) groups excluding carboxylic acids is 1. The maximum atomic E-state index is 11.9.